The van der Waals surface area contributed by atoms with Gasteiger partial charge in [0.2, 0.25) is 5.91 Å². The molecule has 4 rings (SSSR count). The van der Waals surface area contributed by atoms with E-state index in [-0.39, 0.29) is 23.8 Å². The fourth-order valence-electron chi connectivity index (χ4n) is 3.61. The van der Waals surface area contributed by atoms with Gasteiger partial charge in [0.25, 0.3) is 11.8 Å². The zero-order valence-electron chi connectivity index (χ0n) is 19.3. The number of rotatable bonds is 6. The zero-order chi connectivity index (χ0) is 24.2. The Kier molecular flexibility index (Phi) is 6.95. The highest BCUT2D eigenvalue weighted by Gasteiger charge is 2.24. The Bertz CT molecular complexity index is 1280. The lowest BCUT2D eigenvalue weighted by Crippen LogP contribution is -2.34. The topological polar surface area (TPSA) is 103 Å². The maximum Gasteiger partial charge on any atom is 0.263 e. The molecule has 0 saturated heterocycles. The van der Waals surface area contributed by atoms with Gasteiger partial charge in [0.15, 0.2) is 0 Å². The van der Waals surface area contributed by atoms with Crippen molar-refractivity contribution in [3.8, 4) is 0 Å². The molecule has 0 radical (unpaired) electrons. The van der Waals surface area contributed by atoms with Gasteiger partial charge in [-0.25, -0.2) is 0 Å². The summed E-state index contributed by atoms with van der Waals surface area (Å²) in [6.45, 7) is 3.20. The molecule has 3 aromatic rings. The molecule has 1 aliphatic rings. The molecule has 0 fully saturated rings. The van der Waals surface area contributed by atoms with E-state index in [1.54, 1.807) is 42.5 Å². The smallest absolute Gasteiger partial charge is 0.263 e. The quantitative estimate of drug-likeness (QED) is 0.405. The Morgan fingerprint density at radius 3 is 2.62 bits per heavy atom. The number of hydrogen-bond acceptors (Lipinski definition) is 6. The molecule has 2 heterocycles. The minimum Gasteiger partial charge on any atom is -0.381 e. The van der Waals surface area contributed by atoms with E-state index >= 15 is 0 Å². The zero-order valence-corrected chi connectivity index (χ0v) is 20.1. The Balaban J connectivity index is 1.54. The molecule has 1 aromatic heterocycles. The van der Waals surface area contributed by atoms with Crippen molar-refractivity contribution in [1.82, 2.24) is 10.2 Å². The average molecular weight is 478 g/mol. The highest BCUT2D eigenvalue weighted by atomic mass is 32.1. The normalized spacial score (nSPS) is 15.5. The highest BCUT2D eigenvalue weighted by molar-refractivity contribution is 7.21. The summed E-state index contributed by atoms with van der Waals surface area (Å²) in [4.78, 5) is 40.4. The second-order valence-electron chi connectivity index (χ2n) is 8.43. The predicted octanol–water partition coefficient (Wildman–Crippen LogP) is 3.75. The van der Waals surface area contributed by atoms with Gasteiger partial charge in [0.05, 0.1) is 17.1 Å². The van der Waals surface area contributed by atoms with Crippen LogP contribution in [0.2, 0.25) is 0 Å². The van der Waals surface area contributed by atoms with Crippen molar-refractivity contribution in [2.24, 2.45) is 0 Å². The number of carbonyl (C=O) groups excluding carboxylic acids is 3. The molecule has 0 saturated carbocycles. The Labute approximate surface area is 202 Å². The molecule has 0 bridgehead atoms. The van der Waals surface area contributed by atoms with Gasteiger partial charge in [-0.2, -0.15) is 0 Å². The van der Waals surface area contributed by atoms with Crippen LogP contribution in [0.5, 0.6) is 0 Å². The second kappa shape index (κ2) is 10.1. The lowest BCUT2D eigenvalue weighted by molar-refractivity contribution is -0.111. The lowest BCUT2D eigenvalue weighted by atomic mass is 10.1. The number of nitrogens with zero attached hydrogens (tertiary/aromatic N) is 1. The molecular weight excluding hydrogens is 450 g/mol. The molecule has 9 heteroatoms. The number of nitrogens with one attached hydrogen (secondary N) is 4. The number of fused-ring (bicyclic) bond motifs is 3. The summed E-state index contributed by atoms with van der Waals surface area (Å²) in [5.74, 6) is -0.688. The maximum atomic E-state index is 13.1. The molecule has 0 aliphatic carbocycles. The van der Waals surface area contributed by atoms with Crippen molar-refractivity contribution >= 4 is 56.2 Å². The van der Waals surface area contributed by atoms with Gasteiger partial charge in [-0.1, -0.05) is 18.2 Å². The summed E-state index contributed by atoms with van der Waals surface area (Å²) >= 11 is 1.40. The van der Waals surface area contributed by atoms with E-state index in [1.807, 2.05) is 32.0 Å². The van der Waals surface area contributed by atoms with Crippen molar-refractivity contribution in [3.63, 3.8) is 0 Å². The van der Waals surface area contributed by atoms with E-state index in [1.165, 1.54) is 17.4 Å². The average Bonchev–Trinajstić information content (AvgIpc) is 3.09. The first-order chi connectivity index (χ1) is 16.3. The van der Waals surface area contributed by atoms with E-state index < -0.39 is 0 Å². The molecule has 2 aromatic carbocycles. The van der Waals surface area contributed by atoms with Crippen molar-refractivity contribution in [2.75, 3.05) is 43.1 Å². The van der Waals surface area contributed by atoms with E-state index in [2.05, 4.69) is 21.3 Å². The largest absolute Gasteiger partial charge is 0.381 e. The van der Waals surface area contributed by atoms with Crippen LogP contribution < -0.4 is 21.3 Å². The minimum atomic E-state index is -0.307. The highest BCUT2D eigenvalue weighted by Crippen LogP contribution is 2.37. The van der Waals surface area contributed by atoms with Crippen molar-refractivity contribution in [2.45, 2.75) is 13.0 Å². The SMILES string of the molecule is CC1CNc2c(sc3ccc(C(=O)Nc4ccccc4NC(=O)C=CCN(C)C)cc23)C(=O)N1. The van der Waals surface area contributed by atoms with Crippen LogP contribution in [0.15, 0.2) is 54.6 Å². The van der Waals surface area contributed by atoms with Crippen LogP contribution in [0.4, 0.5) is 17.1 Å². The van der Waals surface area contributed by atoms with E-state index in [4.69, 9.17) is 0 Å². The summed E-state index contributed by atoms with van der Waals surface area (Å²) in [5.41, 5.74) is 2.22. The predicted molar refractivity (Wildman–Crippen MR) is 138 cm³/mol. The molecule has 4 N–H and O–H groups in total. The molecular formula is C25H27N5O3S. The van der Waals surface area contributed by atoms with E-state index in [9.17, 15) is 14.4 Å². The summed E-state index contributed by atoms with van der Waals surface area (Å²) in [6, 6.07) is 12.4. The monoisotopic (exact) mass is 477 g/mol. The number of amides is 3. The molecule has 176 valence electrons. The summed E-state index contributed by atoms with van der Waals surface area (Å²) < 4.78 is 0.927. The number of para-hydroxylation sites is 2. The maximum absolute atomic E-state index is 13.1. The number of hydrogen-bond donors (Lipinski definition) is 4. The van der Waals surface area contributed by atoms with Crippen molar-refractivity contribution in [1.29, 1.82) is 0 Å². The van der Waals surface area contributed by atoms with Gasteiger partial charge in [-0.05, 0) is 51.4 Å². The molecule has 0 spiro atoms. The fourth-order valence-corrected chi connectivity index (χ4v) is 4.67. The van der Waals surface area contributed by atoms with Crippen molar-refractivity contribution < 1.29 is 14.4 Å². The van der Waals surface area contributed by atoms with Gasteiger partial charge >= 0.3 is 0 Å². The molecule has 8 nitrogen and oxygen atoms in total. The minimum absolute atomic E-state index is 0.0121. The summed E-state index contributed by atoms with van der Waals surface area (Å²) in [6.07, 6.45) is 3.24. The molecule has 1 atom stereocenters. The van der Waals surface area contributed by atoms with Crippen LogP contribution in [0.25, 0.3) is 10.1 Å². The Hall–Kier alpha value is -3.69. The number of anilines is 3. The molecule has 34 heavy (non-hydrogen) atoms. The Morgan fingerprint density at radius 2 is 1.88 bits per heavy atom. The van der Waals surface area contributed by atoms with Crippen LogP contribution in [-0.4, -0.2) is 55.8 Å². The number of likely N-dealkylation sites (N-methyl/N-ethyl adjacent to an activating group) is 1. The van der Waals surface area contributed by atoms with Crippen LogP contribution >= 0.6 is 11.3 Å². The van der Waals surface area contributed by atoms with Crippen LogP contribution in [0, 0.1) is 0 Å². The second-order valence-corrected chi connectivity index (χ2v) is 9.48. The van der Waals surface area contributed by atoms with E-state index in [0.29, 0.717) is 34.9 Å². The van der Waals surface area contributed by atoms with Crippen LogP contribution in [-0.2, 0) is 4.79 Å². The van der Waals surface area contributed by atoms with E-state index in [0.717, 1.165) is 15.8 Å². The standard InChI is InChI=1S/C25H27N5O3S/c1-15-14-26-22-17-13-16(10-11-20(17)34-23(22)25(33)27-15)24(32)29-19-8-5-4-7-18(19)28-21(31)9-6-12-30(2)3/h4-11,13,15,26H,12,14H2,1-3H3,(H,27,33)(H,28,31)(H,29,32). The van der Waals surface area contributed by atoms with Gasteiger partial charge < -0.3 is 26.2 Å². The lowest BCUT2D eigenvalue weighted by Gasteiger charge is -2.12. The molecule has 1 aliphatic heterocycles. The van der Waals surface area contributed by atoms with Crippen LogP contribution in [0.1, 0.15) is 27.0 Å². The van der Waals surface area contributed by atoms with Crippen LogP contribution in [0.3, 0.4) is 0 Å². The summed E-state index contributed by atoms with van der Waals surface area (Å²) in [7, 11) is 3.84. The third-order valence-corrected chi connectivity index (χ3v) is 6.46. The van der Waals surface area contributed by atoms with Gasteiger partial charge in [-0.3, -0.25) is 14.4 Å². The number of benzene rings is 2. The first kappa shape index (κ1) is 23.5. The first-order valence-electron chi connectivity index (χ1n) is 11.0. The number of carbonyl (C=O) groups is 3. The number of thiophene rings is 1. The molecule has 3 amide bonds. The Morgan fingerprint density at radius 1 is 1.15 bits per heavy atom. The van der Waals surface area contributed by atoms with Gasteiger partial charge in [0, 0.05) is 40.9 Å². The first-order valence-corrected chi connectivity index (χ1v) is 11.8. The third-order valence-electron chi connectivity index (χ3n) is 5.29. The third kappa shape index (κ3) is 5.27. The fraction of sp³-hybridized carbons (Fsp3) is 0.240. The van der Waals surface area contributed by atoms with Crippen molar-refractivity contribution in [3.05, 3.63) is 65.1 Å². The van der Waals surface area contributed by atoms with Gasteiger partial charge in [0.1, 0.15) is 4.88 Å². The summed E-state index contributed by atoms with van der Waals surface area (Å²) in [5, 5.41) is 12.8. The molecule has 1 unspecified atom stereocenters. The van der Waals surface area contributed by atoms with Gasteiger partial charge in [-0.15, -0.1) is 11.3 Å².